The van der Waals surface area contributed by atoms with Gasteiger partial charge in [-0.1, -0.05) is 18.9 Å². The molecule has 1 aliphatic carbocycles. The molecule has 0 spiro atoms. The van der Waals surface area contributed by atoms with E-state index in [0.29, 0.717) is 23.9 Å². The fourth-order valence-electron chi connectivity index (χ4n) is 2.51. The Kier molecular flexibility index (Phi) is 4.16. The van der Waals surface area contributed by atoms with Crippen LogP contribution in [0.25, 0.3) is 0 Å². The molecule has 4 heteroatoms. The molecule has 2 rings (SSSR count). The molecule has 1 saturated carbocycles. The van der Waals surface area contributed by atoms with E-state index in [1.807, 2.05) is 18.2 Å². The molecular weight excluding hydrogens is 242 g/mol. The van der Waals surface area contributed by atoms with Gasteiger partial charge in [-0.3, -0.25) is 0 Å². The lowest BCUT2D eigenvalue weighted by Crippen LogP contribution is -2.23. The van der Waals surface area contributed by atoms with Gasteiger partial charge in [-0.15, -0.1) is 0 Å². The second kappa shape index (κ2) is 5.83. The van der Waals surface area contributed by atoms with E-state index < -0.39 is 0 Å². The van der Waals surface area contributed by atoms with Crippen molar-refractivity contribution in [2.75, 3.05) is 20.8 Å². The molecule has 1 aromatic carbocycles. The summed E-state index contributed by atoms with van der Waals surface area (Å²) in [6.07, 6.45) is 4.00. The highest BCUT2D eigenvalue weighted by molar-refractivity contribution is 5.51. The molecule has 0 atom stereocenters. The summed E-state index contributed by atoms with van der Waals surface area (Å²) >= 11 is 0. The maximum absolute atomic E-state index is 9.36. The Morgan fingerprint density at radius 1 is 1.16 bits per heavy atom. The number of para-hydroxylation sites is 1. The molecule has 0 saturated heterocycles. The third-order valence-corrected chi connectivity index (χ3v) is 3.67. The van der Waals surface area contributed by atoms with Gasteiger partial charge >= 0.3 is 0 Å². The van der Waals surface area contributed by atoms with Gasteiger partial charge in [0, 0.05) is 0 Å². The van der Waals surface area contributed by atoms with Gasteiger partial charge in [-0.2, -0.15) is 5.26 Å². The SMILES string of the molecule is COc1cccc(OC)c1OCC1(C#N)CCCC1. The lowest BCUT2D eigenvalue weighted by molar-refractivity contribution is 0.187. The number of rotatable bonds is 5. The molecule has 102 valence electrons. The number of nitriles is 1. The molecule has 1 aliphatic rings. The van der Waals surface area contributed by atoms with Crippen LogP contribution >= 0.6 is 0 Å². The van der Waals surface area contributed by atoms with Crippen molar-refractivity contribution in [1.82, 2.24) is 0 Å². The number of hydrogen-bond donors (Lipinski definition) is 0. The van der Waals surface area contributed by atoms with Crippen LogP contribution in [0, 0.1) is 16.7 Å². The van der Waals surface area contributed by atoms with Crippen LogP contribution in [0.5, 0.6) is 17.2 Å². The second-order valence-corrected chi connectivity index (χ2v) is 4.88. The molecule has 1 aromatic rings. The lowest BCUT2D eigenvalue weighted by Gasteiger charge is -2.22. The zero-order valence-corrected chi connectivity index (χ0v) is 11.4. The predicted molar refractivity (Wildman–Crippen MR) is 71.6 cm³/mol. The summed E-state index contributed by atoms with van der Waals surface area (Å²) in [4.78, 5) is 0. The molecule has 19 heavy (non-hydrogen) atoms. The van der Waals surface area contributed by atoms with Gasteiger partial charge in [0.2, 0.25) is 5.75 Å². The van der Waals surface area contributed by atoms with Crippen LogP contribution in [-0.4, -0.2) is 20.8 Å². The number of ether oxygens (including phenoxy) is 3. The Balaban J connectivity index is 2.17. The van der Waals surface area contributed by atoms with Crippen LogP contribution in [-0.2, 0) is 0 Å². The van der Waals surface area contributed by atoms with Gasteiger partial charge < -0.3 is 14.2 Å². The van der Waals surface area contributed by atoms with E-state index in [1.54, 1.807) is 14.2 Å². The van der Waals surface area contributed by atoms with Crippen LogP contribution in [0.2, 0.25) is 0 Å². The molecular formula is C15H19NO3. The van der Waals surface area contributed by atoms with Crippen LogP contribution in [0.4, 0.5) is 0 Å². The highest BCUT2D eigenvalue weighted by Gasteiger charge is 2.35. The summed E-state index contributed by atoms with van der Waals surface area (Å²) in [6.45, 7) is 0.389. The Morgan fingerprint density at radius 3 is 2.21 bits per heavy atom. The number of benzene rings is 1. The fraction of sp³-hybridized carbons (Fsp3) is 0.533. The Hall–Kier alpha value is -1.89. The third kappa shape index (κ3) is 2.76. The minimum atomic E-state index is -0.355. The predicted octanol–water partition coefficient (Wildman–Crippen LogP) is 3.17. The van der Waals surface area contributed by atoms with Crippen LogP contribution in [0.15, 0.2) is 18.2 Å². The van der Waals surface area contributed by atoms with Crippen molar-refractivity contribution in [2.24, 2.45) is 5.41 Å². The number of methoxy groups -OCH3 is 2. The molecule has 0 N–H and O–H groups in total. The van der Waals surface area contributed by atoms with E-state index in [4.69, 9.17) is 14.2 Å². The minimum absolute atomic E-state index is 0.355. The summed E-state index contributed by atoms with van der Waals surface area (Å²) in [5.41, 5.74) is -0.355. The van der Waals surface area contributed by atoms with Crippen LogP contribution in [0.3, 0.4) is 0 Å². The van der Waals surface area contributed by atoms with Crippen LogP contribution in [0.1, 0.15) is 25.7 Å². The topological polar surface area (TPSA) is 51.5 Å². The van der Waals surface area contributed by atoms with Crippen molar-refractivity contribution in [3.05, 3.63) is 18.2 Å². The van der Waals surface area contributed by atoms with Crippen molar-refractivity contribution < 1.29 is 14.2 Å². The van der Waals surface area contributed by atoms with E-state index in [0.717, 1.165) is 25.7 Å². The minimum Gasteiger partial charge on any atom is -0.493 e. The molecule has 4 nitrogen and oxygen atoms in total. The van der Waals surface area contributed by atoms with Crippen LogP contribution < -0.4 is 14.2 Å². The van der Waals surface area contributed by atoms with Crippen molar-refractivity contribution in [2.45, 2.75) is 25.7 Å². The standard InChI is InChI=1S/C15H19NO3/c1-17-12-6-5-7-13(18-2)14(12)19-11-15(10-16)8-3-4-9-15/h5-7H,3-4,8-9,11H2,1-2H3. The highest BCUT2D eigenvalue weighted by Crippen LogP contribution is 2.41. The third-order valence-electron chi connectivity index (χ3n) is 3.67. The molecule has 0 aliphatic heterocycles. The normalized spacial score (nSPS) is 16.7. The maximum atomic E-state index is 9.36. The van der Waals surface area contributed by atoms with Gasteiger partial charge in [0.15, 0.2) is 11.5 Å². The first-order valence-corrected chi connectivity index (χ1v) is 6.50. The molecule has 1 fully saturated rings. The number of nitrogens with zero attached hydrogens (tertiary/aromatic N) is 1. The molecule has 0 heterocycles. The first kappa shape index (κ1) is 13.5. The maximum Gasteiger partial charge on any atom is 0.203 e. The molecule has 0 unspecified atom stereocenters. The average molecular weight is 261 g/mol. The summed E-state index contributed by atoms with van der Waals surface area (Å²) in [6, 6.07) is 7.91. The summed E-state index contributed by atoms with van der Waals surface area (Å²) in [5.74, 6) is 1.84. The first-order valence-electron chi connectivity index (χ1n) is 6.50. The monoisotopic (exact) mass is 261 g/mol. The van der Waals surface area contributed by atoms with Gasteiger partial charge in [0.05, 0.1) is 25.7 Å². The Bertz CT molecular complexity index is 451. The average Bonchev–Trinajstić information content (AvgIpc) is 2.94. The van der Waals surface area contributed by atoms with Crippen molar-refractivity contribution >= 4 is 0 Å². The zero-order chi connectivity index (χ0) is 13.7. The molecule has 0 radical (unpaired) electrons. The number of hydrogen-bond acceptors (Lipinski definition) is 4. The van der Waals surface area contributed by atoms with E-state index in [-0.39, 0.29) is 5.41 Å². The van der Waals surface area contributed by atoms with Gasteiger partial charge in [0.1, 0.15) is 6.61 Å². The summed E-state index contributed by atoms with van der Waals surface area (Å²) in [7, 11) is 3.19. The van der Waals surface area contributed by atoms with E-state index in [1.165, 1.54) is 0 Å². The molecule has 0 bridgehead atoms. The van der Waals surface area contributed by atoms with Crippen molar-refractivity contribution in [1.29, 1.82) is 5.26 Å². The van der Waals surface area contributed by atoms with Gasteiger partial charge in [0.25, 0.3) is 0 Å². The quantitative estimate of drug-likeness (QED) is 0.817. The van der Waals surface area contributed by atoms with Crippen molar-refractivity contribution in [3.8, 4) is 23.3 Å². The Morgan fingerprint density at radius 2 is 1.74 bits per heavy atom. The Labute approximate surface area is 113 Å². The lowest BCUT2D eigenvalue weighted by atomic mass is 9.89. The molecule has 0 amide bonds. The van der Waals surface area contributed by atoms with Gasteiger partial charge in [-0.25, -0.2) is 0 Å². The fourth-order valence-corrected chi connectivity index (χ4v) is 2.51. The van der Waals surface area contributed by atoms with Gasteiger partial charge in [-0.05, 0) is 25.0 Å². The second-order valence-electron chi connectivity index (χ2n) is 4.88. The zero-order valence-electron chi connectivity index (χ0n) is 11.4. The summed E-state index contributed by atoms with van der Waals surface area (Å²) in [5, 5.41) is 9.36. The van der Waals surface area contributed by atoms with E-state index in [9.17, 15) is 5.26 Å². The largest absolute Gasteiger partial charge is 0.493 e. The summed E-state index contributed by atoms with van der Waals surface area (Å²) < 4.78 is 16.4. The first-order chi connectivity index (χ1) is 9.24. The molecule has 0 aromatic heterocycles. The van der Waals surface area contributed by atoms with E-state index in [2.05, 4.69) is 6.07 Å². The van der Waals surface area contributed by atoms with Crippen molar-refractivity contribution in [3.63, 3.8) is 0 Å². The highest BCUT2D eigenvalue weighted by atomic mass is 16.5. The van der Waals surface area contributed by atoms with E-state index >= 15 is 0 Å². The smallest absolute Gasteiger partial charge is 0.203 e.